The van der Waals surface area contributed by atoms with E-state index in [1.54, 1.807) is 12.4 Å². The van der Waals surface area contributed by atoms with Crippen LogP contribution in [0, 0.1) is 0 Å². The predicted molar refractivity (Wildman–Crippen MR) is 59.6 cm³/mol. The fourth-order valence-electron chi connectivity index (χ4n) is 1.26. The highest BCUT2D eigenvalue weighted by atomic mass is 15.1. The molecule has 0 bridgehead atoms. The standard InChI is InChI=1S/C10H18N4/c1-3-4-5-6-12-10-8-14-13-7-9(10)11-2/h7-8H,3-6H2,1-2H3,(H,11,14)(H,12,13). The Balaban J connectivity index is 2.41. The van der Waals surface area contributed by atoms with Gasteiger partial charge in [0, 0.05) is 13.6 Å². The quantitative estimate of drug-likeness (QED) is 0.681. The van der Waals surface area contributed by atoms with Crippen molar-refractivity contribution in [3.63, 3.8) is 0 Å². The maximum atomic E-state index is 3.84. The largest absolute Gasteiger partial charge is 0.385 e. The van der Waals surface area contributed by atoms with Crippen LogP contribution in [0.25, 0.3) is 0 Å². The van der Waals surface area contributed by atoms with E-state index in [2.05, 4.69) is 27.8 Å². The van der Waals surface area contributed by atoms with Gasteiger partial charge in [-0.05, 0) is 6.42 Å². The minimum atomic E-state index is 0.994. The molecule has 0 amide bonds. The zero-order chi connectivity index (χ0) is 10.2. The van der Waals surface area contributed by atoms with Gasteiger partial charge in [-0.2, -0.15) is 10.2 Å². The molecule has 0 aliphatic carbocycles. The molecule has 0 saturated heterocycles. The normalized spacial score (nSPS) is 9.86. The summed E-state index contributed by atoms with van der Waals surface area (Å²) in [6.07, 6.45) is 7.18. The molecule has 78 valence electrons. The van der Waals surface area contributed by atoms with Gasteiger partial charge >= 0.3 is 0 Å². The second-order valence-electron chi connectivity index (χ2n) is 3.20. The molecule has 0 aromatic carbocycles. The zero-order valence-electron chi connectivity index (χ0n) is 8.88. The van der Waals surface area contributed by atoms with Gasteiger partial charge in [0.05, 0.1) is 23.8 Å². The van der Waals surface area contributed by atoms with Crippen molar-refractivity contribution in [2.24, 2.45) is 0 Å². The van der Waals surface area contributed by atoms with Crippen molar-refractivity contribution < 1.29 is 0 Å². The third kappa shape index (κ3) is 3.20. The zero-order valence-corrected chi connectivity index (χ0v) is 8.88. The molecule has 0 aliphatic heterocycles. The number of hydrogen-bond acceptors (Lipinski definition) is 4. The molecule has 0 unspecified atom stereocenters. The first-order valence-corrected chi connectivity index (χ1v) is 5.10. The highest BCUT2D eigenvalue weighted by Crippen LogP contribution is 2.17. The van der Waals surface area contributed by atoms with Crippen molar-refractivity contribution in [2.75, 3.05) is 24.2 Å². The molecule has 0 radical (unpaired) electrons. The van der Waals surface area contributed by atoms with E-state index in [1.807, 2.05) is 7.05 Å². The first-order chi connectivity index (χ1) is 6.88. The summed E-state index contributed by atoms with van der Waals surface area (Å²) < 4.78 is 0. The summed E-state index contributed by atoms with van der Waals surface area (Å²) in [7, 11) is 1.88. The third-order valence-electron chi connectivity index (χ3n) is 2.10. The Bertz CT molecular complexity index is 262. The number of nitrogens with zero attached hydrogens (tertiary/aromatic N) is 2. The van der Waals surface area contributed by atoms with Crippen LogP contribution in [-0.4, -0.2) is 23.8 Å². The fraction of sp³-hybridized carbons (Fsp3) is 0.600. The molecule has 0 saturated carbocycles. The van der Waals surface area contributed by atoms with Crippen LogP contribution in [-0.2, 0) is 0 Å². The molecule has 1 aromatic rings. The van der Waals surface area contributed by atoms with Crippen LogP contribution < -0.4 is 10.6 Å². The van der Waals surface area contributed by atoms with Gasteiger partial charge in [-0.25, -0.2) is 0 Å². The lowest BCUT2D eigenvalue weighted by molar-refractivity contribution is 0.743. The van der Waals surface area contributed by atoms with Crippen LogP contribution >= 0.6 is 0 Å². The van der Waals surface area contributed by atoms with Crippen LogP contribution in [0.2, 0.25) is 0 Å². The molecule has 4 nitrogen and oxygen atoms in total. The lowest BCUT2D eigenvalue weighted by Gasteiger charge is -2.09. The lowest BCUT2D eigenvalue weighted by atomic mass is 10.2. The van der Waals surface area contributed by atoms with E-state index in [9.17, 15) is 0 Å². The number of rotatable bonds is 6. The molecular formula is C10H18N4. The average molecular weight is 194 g/mol. The van der Waals surface area contributed by atoms with Crippen LogP contribution in [0.4, 0.5) is 11.4 Å². The van der Waals surface area contributed by atoms with Crippen molar-refractivity contribution in [3.8, 4) is 0 Å². The van der Waals surface area contributed by atoms with E-state index in [0.717, 1.165) is 17.9 Å². The summed E-state index contributed by atoms with van der Waals surface area (Å²) in [6, 6.07) is 0. The molecule has 14 heavy (non-hydrogen) atoms. The maximum Gasteiger partial charge on any atom is 0.0797 e. The van der Waals surface area contributed by atoms with E-state index < -0.39 is 0 Å². The number of unbranched alkanes of at least 4 members (excludes halogenated alkanes) is 2. The second kappa shape index (κ2) is 6.18. The van der Waals surface area contributed by atoms with E-state index in [0.29, 0.717) is 0 Å². The van der Waals surface area contributed by atoms with E-state index >= 15 is 0 Å². The lowest BCUT2D eigenvalue weighted by Crippen LogP contribution is -2.05. The van der Waals surface area contributed by atoms with Crippen LogP contribution in [0.5, 0.6) is 0 Å². The van der Waals surface area contributed by atoms with Gasteiger partial charge < -0.3 is 10.6 Å². The highest BCUT2D eigenvalue weighted by molar-refractivity contribution is 5.65. The Kier molecular flexibility index (Phi) is 4.75. The van der Waals surface area contributed by atoms with Gasteiger partial charge in [-0.3, -0.25) is 0 Å². The van der Waals surface area contributed by atoms with E-state index in [-0.39, 0.29) is 0 Å². The van der Waals surface area contributed by atoms with E-state index in [1.165, 1.54) is 19.3 Å². The van der Waals surface area contributed by atoms with Crippen molar-refractivity contribution in [3.05, 3.63) is 12.4 Å². The smallest absolute Gasteiger partial charge is 0.0797 e. The molecule has 0 fully saturated rings. The summed E-state index contributed by atoms with van der Waals surface area (Å²) in [6.45, 7) is 3.20. The number of anilines is 2. The minimum Gasteiger partial charge on any atom is -0.385 e. The van der Waals surface area contributed by atoms with Crippen molar-refractivity contribution >= 4 is 11.4 Å². The summed E-state index contributed by atoms with van der Waals surface area (Å²) in [5.74, 6) is 0. The SMILES string of the molecule is CCCCCNc1cnncc1NC. The topological polar surface area (TPSA) is 49.8 Å². The van der Waals surface area contributed by atoms with Crippen molar-refractivity contribution in [2.45, 2.75) is 26.2 Å². The Labute approximate surface area is 85.1 Å². The number of aromatic nitrogens is 2. The second-order valence-corrected chi connectivity index (χ2v) is 3.20. The molecule has 2 N–H and O–H groups in total. The molecule has 0 spiro atoms. The van der Waals surface area contributed by atoms with Crippen LogP contribution in [0.1, 0.15) is 26.2 Å². The first-order valence-electron chi connectivity index (χ1n) is 5.10. The van der Waals surface area contributed by atoms with Crippen LogP contribution in [0.3, 0.4) is 0 Å². The average Bonchev–Trinajstić information content (AvgIpc) is 2.25. The summed E-state index contributed by atoms with van der Waals surface area (Å²) in [5.41, 5.74) is 2.02. The Morgan fingerprint density at radius 3 is 2.50 bits per heavy atom. The molecular weight excluding hydrogens is 176 g/mol. The first kappa shape index (κ1) is 10.8. The van der Waals surface area contributed by atoms with Gasteiger partial charge in [0.1, 0.15) is 0 Å². The van der Waals surface area contributed by atoms with Gasteiger partial charge in [-0.15, -0.1) is 0 Å². The Morgan fingerprint density at radius 1 is 1.14 bits per heavy atom. The third-order valence-corrected chi connectivity index (χ3v) is 2.10. The summed E-state index contributed by atoms with van der Waals surface area (Å²) in [5, 5.41) is 14.1. The predicted octanol–water partition coefficient (Wildman–Crippen LogP) is 2.12. The minimum absolute atomic E-state index is 0.994. The van der Waals surface area contributed by atoms with E-state index in [4.69, 9.17) is 0 Å². The number of hydrogen-bond donors (Lipinski definition) is 2. The maximum absolute atomic E-state index is 3.84. The molecule has 4 heteroatoms. The summed E-state index contributed by atoms with van der Waals surface area (Å²) >= 11 is 0. The molecule has 1 aromatic heterocycles. The molecule has 1 rings (SSSR count). The monoisotopic (exact) mass is 194 g/mol. The van der Waals surface area contributed by atoms with Crippen LogP contribution in [0.15, 0.2) is 12.4 Å². The van der Waals surface area contributed by atoms with Gasteiger partial charge in [0.25, 0.3) is 0 Å². The van der Waals surface area contributed by atoms with Gasteiger partial charge in [0.15, 0.2) is 0 Å². The Morgan fingerprint density at radius 2 is 1.86 bits per heavy atom. The van der Waals surface area contributed by atoms with Crippen molar-refractivity contribution in [1.29, 1.82) is 0 Å². The van der Waals surface area contributed by atoms with Gasteiger partial charge in [0.2, 0.25) is 0 Å². The Hall–Kier alpha value is -1.32. The highest BCUT2D eigenvalue weighted by Gasteiger charge is 1.98. The fourth-order valence-corrected chi connectivity index (χ4v) is 1.26. The molecule has 0 atom stereocenters. The molecule has 0 aliphatic rings. The summed E-state index contributed by atoms with van der Waals surface area (Å²) in [4.78, 5) is 0. The molecule has 1 heterocycles. The van der Waals surface area contributed by atoms with Gasteiger partial charge in [-0.1, -0.05) is 19.8 Å². The van der Waals surface area contributed by atoms with Crippen molar-refractivity contribution in [1.82, 2.24) is 10.2 Å². The number of nitrogens with one attached hydrogen (secondary N) is 2.